The molecule has 0 fully saturated rings. The molecule has 0 N–H and O–H groups in total. The van der Waals surface area contributed by atoms with Crippen molar-refractivity contribution in [3.63, 3.8) is 0 Å². The van der Waals surface area contributed by atoms with Gasteiger partial charge in [-0.1, -0.05) is 114 Å². The quantitative estimate of drug-likeness (QED) is 0.00897. The molecule has 5 aromatic rings. The number of imide groups is 2. The molecule has 0 saturated carbocycles. The molecular formula is C76H78Cl4N2O24. The van der Waals surface area contributed by atoms with Gasteiger partial charge in [-0.2, -0.15) is 0 Å². The fourth-order valence-corrected chi connectivity index (χ4v) is 12.8. The van der Waals surface area contributed by atoms with Crippen LogP contribution in [0.1, 0.15) is 149 Å². The minimum atomic E-state index is -2.17. The number of hydrogen-bond acceptors (Lipinski definition) is 24. The maximum absolute atomic E-state index is 15.2. The second-order valence-corrected chi connectivity index (χ2v) is 28.6. The molecule has 2 aliphatic heterocycles. The Kier molecular flexibility index (Phi) is 27.1. The third kappa shape index (κ3) is 18.8. The lowest BCUT2D eigenvalue weighted by molar-refractivity contribution is -0.194. The molecular weight excluding hydrogens is 1470 g/mol. The van der Waals surface area contributed by atoms with Crippen LogP contribution < -0.4 is 0 Å². The van der Waals surface area contributed by atoms with Crippen LogP contribution in [0.15, 0.2) is 97.2 Å². The predicted molar refractivity (Wildman–Crippen MR) is 388 cm³/mol. The van der Waals surface area contributed by atoms with E-state index in [1.54, 1.807) is 27.7 Å². The van der Waals surface area contributed by atoms with Crippen LogP contribution in [0, 0.1) is 11.8 Å². The fourth-order valence-electron chi connectivity index (χ4n) is 11.6. The first-order valence-corrected chi connectivity index (χ1v) is 34.5. The summed E-state index contributed by atoms with van der Waals surface area (Å²) >= 11 is 29.3. The highest BCUT2D eigenvalue weighted by atomic mass is 35.5. The maximum atomic E-state index is 15.2. The van der Waals surface area contributed by atoms with Crippen molar-refractivity contribution in [1.29, 1.82) is 0 Å². The largest absolute Gasteiger partial charge is 0.463 e. The Bertz CT molecular complexity index is 4070. The Balaban J connectivity index is 1.15. The molecule has 4 amide bonds. The molecule has 7 rings (SSSR count). The number of rotatable bonds is 36. The van der Waals surface area contributed by atoms with Crippen LogP contribution in [0.25, 0.3) is 43.1 Å². The first-order valence-electron chi connectivity index (χ1n) is 33.0. The van der Waals surface area contributed by atoms with E-state index in [0.717, 1.165) is 9.80 Å². The molecule has 564 valence electrons. The van der Waals surface area contributed by atoms with Crippen molar-refractivity contribution in [1.82, 2.24) is 9.80 Å². The first-order chi connectivity index (χ1) is 49.6. The molecule has 2 unspecified atom stereocenters. The van der Waals surface area contributed by atoms with Crippen LogP contribution in [0.4, 0.5) is 0 Å². The summed E-state index contributed by atoms with van der Waals surface area (Å²) in [6, 6.07) is 2.99. The highest BCUT2D eigenvalue weighted by molar-refractivity contribution is 6.56. The number of carbonyl (C=O) groups excluding carboxylic acids is 14. The van der Waals surface area contributed by atoms with Crippen LogP contribution in [0.2, 0.25) is 20.1 Å². The molecule has 0 bridgehead atoms. The number of carbonyl (C=O) groups is 14. The number of hydrogen-bond donors (Lipinski definition) is 0. The van der Waals surface area contributed by atoms with Gasteiger partial charge < -0.3 is 47.4 Å². The molecule has 26 nitrogen and oxygen atoms in total. The third-order valence-electron chi connectivity index (χ3n) is 16.6. The Morgan fingerprint density at radius 2 is 0.547 bits per heavy atom. The lowest BCUT2D eigenvalue weighted by Crippen LogP contribution is -2.50. The van der Waals surface area contributed by atoms with Gasteiger partial charge in [0.25, 0.3) is 23.6 Å². The highest BCUT2D eigenvalue weighted by Crippen LogP contribution is 2.54. The van der Waals surface area contributed by atoms with Crippen molar-refractivity contribution >= 4 is 173 Å². The fraction of sp³-hybridized carbons (Fsp3) is 0.395. The number of fused-ring (bicyclic) bond motifs is 2. The van der Waals surface area contributed by atoms with Crippen LogP contribution >= 0.6 is 46.4 Å². The summed E-state index contributed by atoms with van der Waals surface area (Å²) in [6.07, 6.45) is -2.60. The number of benzene rings is 5. The zero-order valence-electron chi connectivity index (χ0n) is 60.0. The van der Waals surface area contributed by atoms with Crippen molar-refractivity contribution in [2.24, 2.45) is 11.8 Å². The summed E-state index contributed by atoms with van der Waals surface area (Å²) in [6.45, 7) is 30.2. The van der Waals surface area contributed by atoms with Crippen LogP contribution in [-0.4, -0.2) is 169 Å². The van der Waals surface area contributed by atoms with Gasteiger partial charge in [0.2, 0.25) is 11.2 Å². The topological polar surface area (TPSA) is 338 Å². The van der Waals surface area contributed by atoms with E-state index in [9.17, 15) is 47.9 Å². The molecule has 0 radical (unpaired) electrons. The molecule has 2 atom stereocenters. The summed E-state index contributed by atoms with van der Waals surface area (Å²) in [5.74, 6) is -13.8. The maximum Gasteiger partial charge on any atom is 0.333 e. The minimum absolute atomic E-state index is 0.0558. The Morgan fingerprint density at radius 3 is 0.745 bits per heavy atom. The molecule has 106 heavy (non-hydrogen) atoms. The smallest absolute Gasteiger partial charge is 0.333 e. The number of nitrogens with zero attached hydrogens (tertiary/aromatic N) is 2. The second-order valence-electron chi connectivity index (χ2n) is 27.0. The van der Waals surface area contributed by atoms with Crippen molar-refractivity contribution in [3.05, 3.63) is 140 Å². The van der Waals surface area contributed by atoms with Crippen molar-refractivity contribution < 1.29 is 114 Å². The standard InChI is InChI=1S/C76H78Cl4N2O24/c1-35(2)21-43(27-97-53(83)17-19-55(85)105-75(29-99-69(91)37(5)6,30-100-70(92)38(7)8)31-101-71(93)39(9)10)81-65(87)45-23-49(77)59-61-51(79)25-47-58-48(26-52(80)62(64(58)61)60-50(78)24-46(66(81)88)57(45)63(59)60)68(90)82(67(47)89)44(22-36(3)4)28-98-54(84)18-20-56(86)106-76(32-102-72(94)40(11)12,33-103-73(95)41(13)14)34-104-74(96)42(15)16/h23-26,35-36,43-44H,5,7,9,11,13,15,17-22,27-34H2,1-4,6,8,10,12,14,16H3. The van der Waals surface area contributed by atoms with Crippen molar-refractivity contribution in [2.45, 2.75) is 131 Å². The van der Waals surface area contributed by atoms with Gasteiger partial charge >= 0.3 is 59.7 Å². The molecule has 30 heteroatoms. The minimum Gasteiger partial charge on any atom is -0.463 e. The zero-order chi connectivity index (χ0) is 79.0. The molecule has 0 aromatic heterocycles. The average Bonchev–Trinajstić information content (AvgIpc) is 0.676. The second kappa shape index (κ2) is 34.5. The number of halogens is 4. The van der Waals surface area contributed by atoms with E-state index < -0.39 is 185 Å². The molecule has 2 aliphatic rings. The van der Waals surface area contributed by atoms with Gasteiger partial charge in [0, 0.05) is 96.6 Å². The van der Waals surface area contributed by atoms with E-state index in [-0.39, 0.29) is 144 Å². The first kappa shape index (κ1) is 83.3. The van der Waals surface area contributed by atoms with E-state index in [1.165, 1.54) is 65.8 Å². The van der Waals surface area contributed by atoms with Crippen molar-refractivity contribution in [2.75, 3.05) is 52.9 Å². The zero-order valence-corrected chi connectivity index (χ0v) is 63.0. The van der Waals surface area contributed by atoms with E-state index in [1.807, 2.05) is 0 Å². The molecule has 5 aromatic carbocycles. The molecule has 0 aliphatic carbocycles. The van der Waals surface area contributed by atoms with E-state index in [4.69, 9.17) is 93.8 Å². The SMILES string of the molecule is C=C(C)C(=O)OCC(COC(=O)C(=C)C)(COC(=O)C(=C)C)OC(=O)CCC(=O)OCC(CC(C)C)N1C(=O)c2cc(Cl)c3c4c(Cl)cc5c6c(cc(Cl)c(c7c(Cl)cc(c2c37)C1=O)c64)C(=O)N(C(COC(=O)CCC(=O)OC(COC(=O)C(=C)C)(COC(=O)C(=C)C)COC(=O)C(=C)C)CC(C)C)C5=O. The monoisotopic (exact) mass is 1540 g/mol. The summed E-state index contributed by atoms with van der Waals surface area (Å²) in [5, 5.41) is 0.774. The van der Waals surface area contributed by atoms with E-state index in [0.29, 0.717) is 0 Å². The van der Waals surface area contributed by atoms with Gasteiger partial charge in [-0.15, -0.1) is 0 Å². The van der Waals surface area contributed by atoms with Crippen LogP contribution in [-0.2, 0) is 95.3 Å². The Labute approximate surface area is 629 Å². The van der Waals surface area contributed by atoms with Crippen molar-refractivity contribution in [3.8, 4) is 0 Å². The van der Waals surface area contributed by atoms with E-state index >= 15 is 19.2 Å². The molecule has 0 spiro atoms. The van der Waals surface area contributed by atoms with Crippen LogP contribution in [0.3, 0.4) is 0 Å². The number of ether oxygens (including phenoxy) is 10. The average molecular weight is 1550 g/mol. The lowest BCUT2D eigenvalue weighted by Gasteiger charge is -2.36. The van der Waals surface area contributed by atoms with Crippen LogP contribution in [0.5, 0.6) is 0 Å². The van der Waals surface area contributed by atoms with E-state index in [2.05, 4.69) is 39.5 Å². The Morgan fingerprint density at radius 1 is 0.340 bits per heavy atom. The van der Waals surface area contributed by atoms with Gasteiger partial charge in [-0.25, -0.2) is 28.8 Å². The van der Waals surface area contributed by atoms with Gasteiger partial charge in [0.15, 0.2) is 0 Å². The predicted octanol–water partition coefficient (Wildman–Crippen LogP) is 12.3. The van der Waals surface area contributed by atoms with Gasteiger partial charge in [0.05, 0.1) is 60.0 Å². The molecule has 0 saturated heterocycles. The normalized spacial score (nSPS) is 13.3. The van der Waals surface area contributed by atoms with Gasteiger partial charge in [-0.3, -0.25) is 48.2 Å². The van der Waals surface area contributed by atoms with Gasteiger partial charge in [-0.05, 0) is 90.5 Å². The number of amides is 4. The number of esters is 10. The summed E-state index contributed by atoms with van der Waals surface area (Å²) in [5.41, 5.74) is -5.02. The third-order valence-corrected chi connectivity index (χ3v) is 17.8. The lowest BCUT2D eigenvalue weighted by atomic mass is 9.81. The molecule has 2 heterocycles. The summed E-state index contributed by atoms with van der Waals surface area (Å²) < 4.78 is 54.3. The summed E-state index contributed by atoms with van der Waals surface area (Å²) in [4.78, 5) is 192. The Hall–Kier alpha value is -10.0. The summed E-state index contributed by atoms with van der Waals surface area (Å²) in [7, 11) is 0. The highest BCUT2D eigenvalue weighted by Gasteiger charge is 2.46. The van der Waals surface area contributed by atoms with Gasteiger partial charge in [0.1, 0.15) is 52.9 Å².